The predicted molar refractivity (Wildman–Crippen MR) is 72.8 cm³/mol. The van der Waals surface area contributed by atoms with Crippen molar-refractivity contribution in [3.05, 3.63) is 41.7 Å². The van der Waals surface area contributed by atoms with Gasteiger partial charge in [-0.25, -0.2) is 4.39 Å². The largest absolute Gasteiger partial charge is 0.381 e. The maximum atomic E-state index is 12.7. The minimum Gasteiger partial charge on any atom is -0.381 e. The third-order valence-electron chi connectivity index (χ3n) is 2.30. The lowest BCUT2D eigenvalue weighted by atomic mass is 10.2. The Kier molecular flexibility index (Phi) is 6.99. The Morgan fingerprint density at radius 1 is 1.25 bits per heavy atom. The molecule has 1 aromatic carbocycles. The van der Waals surface area contributed by atoms with Gasteiger partial charge in [-0.05, 0) is 30.7 Å². The first-order valence-corrected chi connectivity index (χ1v) is 6.22. The van der Waals surface area contributed by atoms with Gasteiger partial charge in [-0.2, -0.15) is 0 Å². The summed E-state index contributed by atoms with van der Waals surface area (Å²) in [6, 6.07) is 5.68. The van der Waals surface area contributed by atoms with E-state index in [1.54, 1.807) is 12.1 Å². The highest BCUT2D eigenvalue weighted by atomic mass is 19.1. The molecular weight excluding hydrogens is 263 g/mol. The van der Waals surface area contributed by atoms with Gasteiger partial charge >= 0.3 is 0 Å². The van der Waals surface area contributed by atoms with Crippen LogP contribution in [0.25, 0.3) is 6.08 Å². The van der Waals surface area contributed by atoms with Crippen molar-refractivity contribution in [3.63, 3.8) is 0 Å². The molecule has 0 aromatic heterocycles. The van der Waals surface area contributed by atoms with Gasteiger partial charge in [0.25, 0.3) is 5.91 Å². The fourth-order valence-corrected chi connectivity index (χ4v) is 1.29. The number of amides is 2. The maximum Gasteiger partial charge on any atom is 0.262 e. The van der Waals surface area contributed by atoms with Crippen LogP contribution in [-0.2, 0) is 14.3 Å². The van der Waals surface area contributed by atoms with E-state index in [4.69, 9.17) is 4.74 Å². The molecular formula is C14H17FN2O3. The van der Waals surface area contributed by atoms with Gasteiger partial charge in [-0.1, -0.05) is 12.1 Å². The lowest BCUT2D eigenvalue weighted by Gasteiger charge is -2.05. The van der Waals surface area contributed by atoms with Gasteiger partial charge in [0.05, 0.1) is 13.0 Å². The molecule has 0 radical (unpaired) electrons. The molecule has 2 N–H and O–H groups in total. The molecule has 0 aliphatic carbocycles. The Morgan fingerprint density at radius 3 is 2.60 bits per heavy atom. The number of hydrogen-bond donors (Lipinski definition) is 2. The second kappa shape index (κ2) is 8.82. The van der Waals surface area contributed by atoms with Gasteiger partial charge in [0, 0.05) is 12.7 Å². The summed E-state index contributed by atoms with van der Waals surface area (Å²) in [6.07, 6.45) is 2.94. The number of benzene rings is 1. The molecule has 20 heavy (non-hydrogen) atoms. The number of carbonyl (C=O) groups is 2. The number of halogens is 1. The third kappa shape index (κ3) is 6.65. The monoisotopic (exact) mass is 280 g/mol. The van der Waals surface area contributed by atoms with Gasteiger partial charge in [0.15, 0.2) is 0 Å². The van der Waals surface area contributed by atoms with Crippen molar-refractivity contribution in [2.24, 2.45) is 0 Å². The molecule has 0 unspecified atom stereocenters. The molecule has 1 rings (SSSR count). The summed E-state index contributed by atoms with van der Waals surface area (Å²) in [5.41, 5.74) is 5.18. The summed E-state index contributed by atoms with van der Waals surface area (Å²) in [4.78, 5) is 22.7. The van der Waals surface area contributed by atoms with E-state index < -0.39 is 5.91 Å². The van der Waals surface area contributed by atoms with Crippen LogP contribution in [-0.4, -0.2) is 25.0 Å². The van der Waals surface area contributed by atoms with Crippen LogP contribution in [0, 0.1) is 5.82 Å². The van der Waals surface area contributed by atoms with E-state index >= 15 is 0 Å². The van der Waals surface area contributed by atoms with Crippen molar-refractivity contribution in [3.8, 4) is 0 Å². The number of hydrogen-bond acceptors (Lipinski definition) is 3. The summed E-state index contributed by atoms with van der Waals surface area (Å²) < 4.78 is 17.7. The van der Waals surface area contributed by atoms with Crippen LogP contribution in [0.5, 0.6) is 0 Å². The van der Waals surface area contributed by atoms with Crippen molar-refractivity contribution >= 4 is 17.9 Å². The van der Waals surface area contributed by atoms with Gasteiger partial charge in [-0.15, -0.1) is 0 Å². The van der Waals surface area contributed by atoms with Crippen LogP contribution >= 0.6 is 0 Å². The lowest BCUT2D eigenvalue weighted by Crippen LogP contribution is -2.41. The minimum absolute atomic E-state index is 0.176. The molecule has 0 bridgehead atoms. The van der Waals surface area contributed by atoms with Crippen molar-refractivity contribution < 1.29 is 18.7 Å². The normalized spacial score (nSPS) is 10.5. The maximum absolute atomic E-state index is 12.7. The topological polar surface area (TPSA) is 67.4 Å². The highest BCUT2D eigenvalue weighted by molar-refractivity contribution is 5.93. The average Bonchev–Trinajstić information content (AvgIpc) is 2.45. The molecule has 0 spiro atoms. The highest BCUT2D eigenvalue weighted by Crippen LogP contribution is 2.04. The molecule has 0 aliphatic rings. The molecule has 6 heteroatoms. The fraction of sp³-hybridized carbons (Fsp3) is 0.286. The summed E-state index contributed by atoms with van der Waals surface area (Å²) in [7, 11) is 0. The summed E-state index contributed by atoms with van der Waals surface area (Å²) in [6.45, 7) is 2.68. The second-order valence-electron chi connectivity index (χ2n) is 3.87. The average molecular weight is 280 g/mol. The molecule has 0 fully saturated rings. The van der Waals surface area contributed by atoms with Gasteiger partial charge < -0.3 is 4.74 Å². The minimum atomic E-state index is -0.473. The highest BCUT2D eigenvalue weighted by Gasteiger charge is 2.01. The summed E-state index contributed by atoms with van der Waals surface area (Å²) in [5, 5.41) is 0. The number of carbonyl (C=O) groups excluding carboxylic acids is 2. The SMILES string of the molecule is CCOCCC(=O)NNC(=O)/C=C/c1ccc(F)cc1. The van der Waals surface area contributed by atoms with E-state index in [9.17, 15) is 14.0 Å². The summed E-state index contributed by atoms with van der Waals surface area (Å²) in [5.74, 6) is -1.14. The van der Waals surface area contributed by atoms with Gasteiger partial charge in [0.2, 0.25) is 5.91 Å². The van der Waals surface area contributed by atoms with Crippen LogP contribution in [0.1, 0.15) is 18.9 Å². The zero-order valence-electron chi connectivity index (χ0n) is 11.2. The number of rotatable bonds is 6. The predicted octanol–water partition coefficient (Wildman–Crippen LogP) is 1.41. The Labute approximate surface area is 116 Å². The molecule has 1 aromatic rings. The van der Waals surface area contributed by atoms with Gasteiger partial charge in [0.1, 0.15) is 5.82 Å². The summed E-state index contributed by atoms with van der Waals surface area (Å²) >= 11 is 0. The van der Waals surface area contributed by atoms with E-state index in [1.807, 2.05) is 6.92 Å². The number of hydrazine groups is 1. The zero-order valence-corrected chi connectivity index (χ0v) is 11.2. The Morgan fingerprint density at radius 2 is 1.95 bits per heavy atom. The van der Waals surface area contributed by atoms with Crippen LogP contribution in [0.4, 0.5) is 4.39 Å². The lowest BCUT2D eigenvalue weighted by molar-refractivity contribution is -0.127. The molecule has 0 saturated carbocycles. The fourth-order valence-electron chi connectivity index (χ4n) is 1.29. The standard InChI is InChI=1S/C14H17FN2O3/c1-2-20-10-9-14(19)17-16-13(18)8-5-11-3-6-12(15)7-4-11/h3-8H,2,9-10H2,1H3,(H,16,18)(H,17,19)/b8-5+. The van der Waals surface area contributed by atoms with E-state index in [-0.39, 0.29) is 18.1 Å². The smallest absolute Gasteiger partial charge is 0.262 e. The van der Waals surface area contributed by atoms with Crippen molar-refractivity contribution in [1.82, 2.24) is 10.9 Å². The molecule has 0 aliphatic heterocycles. The van der Waals surface area contributed by atoms with E-state index in [0.717, 1.165) is 0 Å². The van der Waals surface area contributed by atoms with Crippen molar-refractivity contribution in [2.75, 3.05) is 13.2 Å². The van der Waals surface area contributed by atoms with Crippen LogP contribution in [0.2, 0.25) is 0 Å². The quantitative estimate of drug-likeness (QED) is 0.470. The molecule has 0 atom stereocenters. The van der Waals surface area contributed by atoms with Crippen LogP contribution < -0.4 is 10.9 Å². The molecule has 5 nitrogen and oxygen atoms in total. The van der Waals surface area contributed by atoms with Gasteiger partial charge in [-0.3, -0.25) is 20.4 Å². The first kappa shape index (κ1) is 15.8. The van der Waals surface area contributed by atoms with E-state index in [2.05, 4.69) is 10.9 Å². The first-order chi connectivity index (χ1) is 9.61. The first-order valence-electron chi connectivity index (χ1n) is 6.22. The number of ether oxygens (including phenoxy) is 1. The molecule has 0 saturated heterocycles. The van der Waals surface area contributed by atoms with Crippen molar-refractivity contribution in [1.29, 1.82) is 0 Å². The molecule has 2 amide bonds. The zero-order chi connectivity index (χ0) is 14.8. The van der Waals surface area contributed by atoms with E-state index in [1.165, 1.54) is 24.3 Å². The second-order valence-corrected chi connectivity index (χ2v) is 3.87. The van der Waals surface area contributed by atoms with Crippen molar-refractivity contribution in [2.45, 2.75) is 13.3 Å². The van der Waals surface area contributed by atoms with E-state index in [0.29, 0.717) is 18.8 Å². The van der Waals surface area contributed by atoms with Crippen LogP contribution in [0.15, 0.2) is 30.3 Å². The van der Waals surface area contributed by atoms with Crippen LogP contribution in [0.3, 0.4) is 0 Å². The number of nitrogens with one attached hydrogen (secondary N) is 2. The molecule has 108 valence electrons. The molecule has 0 heterocycles. The Bertz CT molecular complexity index is 472. The Balaban J connectivity index is 2.29. The Hall–Kier alpha value is -2.21. The third-order valence-corrected chi connectivity index (χ3v) is 2.30.